The van der Waals surface area contributed by atoms with E-state index in [2.05, 4.69) is 15.8 Å². The minimum Gasteiger partial charge on any atom is -0.409 e. The predicted molar refractivity (Wildman–Crippen MR) is 70.6 cm³/mol. The van der Waals surface area contributed by atoms with Crippen molar-refractivity contribution in [2.45, 2.75) is 19.3 Å². The van der Waals surface area contributed by atoms with Gasteiger partial charge in [-0.2, -0.15) is 0 Å². The van der Waals surface area contributed by atoms with Crippen molar-refractivity contribution in [1.82, 2.24) is 5.32 Å². The molecule has 1 aromatic carbocycles. The van der Waals surface area contributed by atoms with Crippen LogP contribution in [0.25, 0.3) is 0 Å². The molecule has 0 aliphatic rings. The summed E-state index contributed by atoms with van der Waals surface area (Å²) < 4.78 is 25.9. The van der Waals surface area contributed by atoms with Crippen LogP contribution < -0.4 is 16.4 Å². The molecule has 0 saturated heterocycles. The fourth-order valence-electron chi connectivity index (χ4n) is 1.44. The summed E-state index contributed by atoms with van der Waals surface area (Å²) in [5, 5.41) is 15.9. The fraction of sp³-hybridized carbons (Fsp3) is 0.333. The molecule has 5 N–H and O–H groups in total. The second kappa shape index (κ2) is 7.93. The third-order valence-corrected chi connectivity index (χ3v) is 2.45. The van der Waals surface area contributed by atoms with Gasteiger partial charge in [-0.1, -0.05) is 5.16 Å². The smallest absolute Gasteiger partial charge is 0.319 e. The number of benzene rings is 1. The molecule has 6 nitrogen and oxygen atoms in total. The van der Waals surface area contributed by atoms with Gasteiger partial charge in [0.1, 0.15) is 17.5 Å². The molecule has 20 heavy (non-hydrogen) atoms. The third-order valence-electron chi connectivity index (χ3n) is 2.45. The number of carbonyl (C=O) groups is 1. The monoisotopic (exact) mass is 286 g/mol. The molecule has 2 amide bonds. The Labute approximate surface area is 114 Å². The van der Waals surface area contributed by atoms with E-state index in [0.29, 0.717) is 31.9 Å². The summed E-state index contributed by atoms with van der Waals surface area (Å²) in [6.07, 6.45) is 1.68. The van der Waals surface area contributed by atoms with Crippen molar-refractivity contribution in [2.75, 3.05) is 11.9 Å². The van der Waals surface area contributed by atoms with Crippen LogP contribution in [0.5, 0.6) is 0 Å². The molecular weight excluding hydrogens is 270 g/mol. The predicted octanol–water partition coefficient (Wildman–Crippen LogP) is 2.00. The highest BCUT2D eigenvalue weighted by molar-refractivity contribution is 5.89. The molecule has 0 spiro atoms. The molecule has 0 aliphatic carbocycles. The number of hydrogen-bond acceptors (Lipinski definition) is 3. The van der Waals surface area contributed by atoms with Crippen LogP contribution in [-0.4, -0.2) is 23.6 Å². The number of oxime groups is 1. The van der Waals surface area contributed by atoms with Crippen LogP contribution in [-0.2, 0) is 0 Å². The molecular formula is C12H16F2N4O2. The van der Waals surface area contributed by atoms with Gasteiger partial charge in [0.15, 0.2) is 0 Å². The van der Waals surface area contributed by atoms with Crippen LogP contribution in [0.1, 0.15) is 19.3 Å². The molecule has 0 radical (unpaired) electrons. The number of hydrogen-bond donors (Lipinski definition) is 4. The first-order chi connectivity index (χ1) is 9.52. The number of halogens is 2. The summed E-state index contributed by atoms with van der Waals surface area (Å²) >= 11 is 0. The number of urea groups is 1. The van der Waals surface area contributed by atoms with Crippen molar-refractivity contribution < 1.29 is 18.8 Å². The van der Waals surface area contributed by atoms with Crippen LogP contribution in [0.4, 0.5) is 19.3 Å². The van der Waals surface area contributed by atoms with Crippen LogP contribution in [0.3, 0.4) is 0 Å². The van der Waals surface area contributed by atoms with Crippen LogP contribution in [0, 0.1) is 11.6 Å². The molecule has 0 fully saturated rings. The maximum atomic E-state index is 13.2. The number of unbranched alkanes of at least 4 members (excludes halogenated alkanes) is 1. The second-order valence-corrected chi connectivity index (χ2v) is 4.05. The lowest BCUT2D eigenvalue weighted by atomic mass is 10.2. The number of amidine groups is 1. The maximum Gasteiger partial charge on any atom is 0.319 e. The van der Waals surface area contributed by atoms with Gasteiger partial charge in [-0.25, -0.2) is 13.6 Å². The summed E-state index contributed by atoms with van der Waals surface area (Å²) in [5.74, 6) is -1.42. The highest BCUT2D eigenvalue weighted by Gasteiger charge is 2.07. The quantitative estimate of drug-likeness (QED) is 0.211. The fourth-order valence-corrected chi connectivity index (χ4v) is 1.44. The molecule has 0 aliphatic heterocycles. The number of nitrogens with one attached hydrogen (secondary N) is 2. The van der Waals surface area contributed by atoms with Crippen LogP contribution in [0.2, 0.25) is 0 Å². The Kier molecular flexibility index (Phi) is 6.21. The summed E-state index contributed by atoms with van der Waals surface area (Å²) in [5.41, 5.74) is 5.18. The zero-order valence-corrected chi connectivity index (χ0v) is 10.7. The Bertz CT molecular complexity index is 494. The molecule has 0 aromatic heterocycles. The van der Waals surface area contributed by atoms with Gasteiger partial charge in [0.25, 0.3) is 0 Å². The number of nitrogens with two attached hydrogens (primary N) is 1. The van der Waals surface area contributed by atoms with Crippen LogP contribution in [0.15, 0.2) is 23.4 Å². The Hall–Kier alpha value is -2.38. The second-order valence-electron chi connectivity index (χ2n) is 4.05. The number of anilines is 1. The average molecular weight is 286 g/mol. The highest BCUT2D eigenvalue weighted by Crippen LogP contribution is 2.14. The largest absolute Gasteiger partial charge is 0.409 e. The summed E-state index contributed by atoms with van der Waals surface area (Å²) in [6, 6.07) is 2.30. The SMILES string of the molecule is NC(CCCCNC(=O)Nc1ccc(F)cc1F)=NO. The maximum absolute atomic E-state index is 13.2. The number of nitrogens with zero attached hydrogens (tertiary/aromatic N) is 1. The standard InChI is InChI=1S/C12H16F2N4O2/c13-8-4-5-10(9(14)7-8)17-12(19)16-6-2-1-3-11(15)18-20/h4-5,7,20H,1-3,6H2,(H2,15,18)(H2,16,17,19). The van der Waals surface area contributed by atoms with Crippen molar-refractivity contribution >= 4 is 17.6 Å². The van der Waals surface area contributed by atoms with E-state index in [9.17, 15) is 13.6 Å². The van der Waals surface area contributed by atoms with Gasteiger partial charge < -0.3 is 21.6 Å². The molecule has 0 unspecified atom stereocenters. The lowest BCUT2D eigenvalue weighted by Crippen LogP contribution is -2.30. The summed E-state index contributed by atoms with van der Waals surface area (Å²) in [6.45, 7) is 0.355. The normalized spacial score (nSPS) is 11.2. The first-order valence-electron chi connectivity index (χ1n) is 5.99. The topological polar surface area (TPSA) is 99.7 Å². The highest BCUT2D eigenvalue weighted by atomic mass is 19.1. The van der Waals surface area contributed by atoms with E-state index >= 15 is 0 Å². The molecule has 0 saturated carbocycles. The molecule has 0 heterocycles. The number of rotatable bonds is 6. The van der Waals surface area contributed by atoms with Crippen molar-refractivity contribution in [1.29, 1.82) is 0 Å². The van der Waals surface area contributed by atoms with Gasteiger partial charge in [0.2, 0.25) is 0 Å². The molecule has 0 bridgehead atoms. The zero-order valence-electron chi connectivity index (χ0n) is 10.7. The molecule has 1 rings (SSSR count). The van der Waals surface area contributed by atoms with Gasteiger partial charge in [-0.15, -0.1) is 0 Å². The Morgan fingerprint density at radius 3 is 2.75 bits per heavy atom. The number of amides is 2. The van der Waals surface area contributed by atoms with Gasteiger partial charge in [-0.05, 0) is 25.0 Å². The van der Waals surface area contributed by atoms with Crippen molar-refractivity contribution in [3.63, 3.8) is 0 Å². The molecule has 0 atom stereocenters. The molecule has 8 heteroatoms. The molecule has 1 aromatic rings. The molecule has 110 valence electrons. The van der Waals surface area contributed by atoms with E-state index in [1.807, 2.05) is 0 Å². The van der Waals surface area contributed by atoms with Crippen molar-refractivity contribution in [2.24, 2.45) is 10.9 Å². The third kappa shape index (κ3) is 5.51. The first-order valence-corrected chi connectivity index (χ1v) is 5.99. The summed E-state index contributed by atoms with van der Waals surface area (Å²) in [4.78, 5) is 11.4. The van der Waals surface area contributed by atoms with E-state index in [1.165, 1.54) is 0 Å². The van der Waals surface area contributed by atoms with E-state index in [4.69, 9.17) is 10.9 Å². The van der Waals surface area contributed by atoms with E-state index in [0.717, 1.165) is 12.1 Å². The Morgan fingerprint density at radius 2 is 2.10 bits per heavy atom. The van der Waals surface area contributed by atoms with E-state index in [-0.39, 0.29) is 11.5 Å². The van der Waals surface area contributed by atoms with Crippen molar-refractivity contribution in [3.05, 3.63) is 29.8 Å². The van der Waals surface area contributed by atoms with Crippen LogP contribution >= 0.6 is 0 Å². The minimum atomic E-state index is -0.841. The minimum absolute atomic E-state index is 0.0967. The van der Waals surface area contributed by atoms with Gasteiger partial charge in [0.05, 0.1) is 5.69 Å². The lowest BCUT2D eigenvalue weighted by Gasteiger charge is -2.08. The first kappa shape index (κ1) is 15.7. The lowest BCUT2D eigenvalue weighted by molar-refractivity contribution is 0.252. The number of carbonyl (C=O) groups excluding carboxylic acids is 1. The van der Waals surface area contributed by atoms with E-state index < -0.39 is 17.7 Å². The van der Waals surface area contributed by atoms with Gasteiger partial charge >= 0.3 is 6.03 Å². The average Bonchev–Trinajstić information content (AvgIpc) is 2.41. The zero-order chi connectivity index (χ0) is 15.0. The summed E-state index contributed by atoms with van der Waals surface area (Å²) in [7, 11) is 0. The van der Waals surface area contributed by atoms with E-state index in [1.54, 1.807) is 0 Å². The Balaban J connectivity index is 2.27. The Morgan fingerprint density at radius 1 is 1.35 bits per heavy atom. The van der Waals surface area contributed by atoms with Crippen molar-refractivity contribution in [3.8, 4) is 0 Å². The van der Waals surface area contributed by atoms with Gasteiger partial charge in [0, 0.05) is 19.0 Å². The van der Waals surface area contributed by atoms with Gasteiger partial charge in [-0.3, -0.25) is 0 Å².